The van der Waals surface area contributed by atoms with E-state index in [2.05, 4.69) is 30.5 Å². The lowest BCUT2D eigenvalue weighted by atomic mass is 9.80. The van der Waals surface area contributed by atoms with Crippen molar-refractivity contribution in [3.8, 4) is 0 Å². The number of hydrogen-bond donors (Lipinski definition) is 1. The Labute approximate surface area is 109 Å². The maximum Gasteiger partial charge on any atom is 0.235 e. The van der Waals surface area contributed by atoms with E-state index < -0.39 is 0 Å². The molecule has 0 saturated carbocycles. The van der Waals surface area contributed by atoms with Crippen molar-refractivity contribution in [1.29, 1.82) is 0 Å². The van der Waals surface area contributed by atoms with Crippen molar-refractivity contribution in [1.82, 2.24) is 5.43 Å². The highest BCUT2D eigenvalue weighted by molar-refractivity contribution is 5.94. The smallest absolute Gasteiger partial charge is 0.235 e. The van der Waals surface area contributed by atoms with Gasteiger partial charge in [0.15, 0.2) is 6.23 Å². The summed E-state index contributed by atoms with van der Waals surface area (Å²) in [4.78, 5) is 0. The third-order valence-electron chi connectivity index (χ3n) is 3.66. The maximum atomic E-state index is 5.87. The molecule has 0 radical (unpaired) electrons. The highest BCUT2D eigenvalue weighted by Gasteiger charge is 2.30. The molecule has 0 saturated heterocycles. The molecule has 3 atom stereocenters. The van der Waals surface area contributed by atoms with Gasteiger partial charge in [-0.3, -0.25) is 5.43 Å². The first-order valence-electron chi connectivity index (χ1n) is 6.94. The molecule has 1 aliphatic heterocycles. The first-order chi connectivity index (χ1) is 8.61. The summed E-state index contributed by atoms with van der Waals surface area (Å²) in [7, 11) is 0. The largest absolute Gasteiger partial charge is 0.451 e. The molecule has 0 aromatic rings. The third-order valence-corrected chi connectivity index (χ3v) is 3.66. The van der Waals surface area contributed by atoms with E-state index in [-0.39, 0.29) is 12.3 Å². The molecule has 0 spiro atoms. The highest BCUT2D eigenvalue weighted by Crippen LogP contribution is 2.32. The van der Waals surface area contributed by atoms with Gasteiger partial charge in [-0.2, -0.15) is 0 Å². The minimum Gasteiger partial charge on any atom is -0.451 e. The summed E-state index contributed by atoms with van der Waals surface area (Å²) in [6.07, 6.45) is 4.55. The van der Waals surface area contributed by atoms with Crippen LogP contribution in [0.1, 0.15) is 40.5 Å². The normalized spacial score (nSPS) is 31.7. The second kappa shape index (κ2) is 5.74. The zero-order valence-corrected chi connectivity index (χ0v) is 11.8. The van der Waals surface area contributed by atoms with Crippen LogP contribution >= 0.6 is 0 Å². The first kappa shape index (κ1) is 13.4. The fraction of sp³-hybridized carbons (Fsp3) is 0.786. The summed E-state index contributed by atoms with van der Waals surface area (Å²) < 4.78 is 11.5. The van der Waals surface area contributed by atoms with E-state index in [1.54, 1.807) is 0 Å². The molecule has 18 heavy (non-hydrogen) atoms. The van der Waals surface area contributed by atoms with Gasteiger partial charge in [-0.05, 0) is 44.6 Å². The van der Waals surface area contributed by atoms with Crippen LogP contribution in [0.4, 0.5) is 0 Å². The number of nitrogens with zero attached hydrogens (tertiary/aromatic N) is 1. The molecule has 0 amide bonds. The Morgan fingerprint density at radius 2 is 2.33 bits per heavy atom. The van der Waals surface area contributed by atoms with E-state index in [1.807, 2.05) is 13.8 Å². The molecule has 1 heterocycles. The summed E-state index contributed by atoms with van der Waals surface area (Å²) in [5, 5.41) is 4.23. The Morgan fingerprint density at radius 3 is 2.89 bits per heavy atom. The fourth-order valence-electron chi connectivity index (χ4n) is 2.66. The van der Waals surface area contributed by atoms with Crippen LogP contribution in [-0.4, -0.2) is 24.8 Å². The minimum atomic E-state index is -0.0192. The Hall–Kier alpha value is -1.03. The van der Waals surface area contributed by atoms with Crippen LogP contribution in [0.3, 0.4) is 0 Å². The summed E-state index contributed by atoms with van der Waals surface area (Å²) >= 11 is 0. The molecule has 0 aromatic heterocycles. The van der Waals surface area contributed by atoms with Gasteiger partial charge in [0, 0.05) is 12.2 Å². The number of ether oxygens (including phenoxy) is 2. The van der Waals surface area contributed by atoms with E-state index >= 15 is 0 Å². The summed E-state index contributed by atoms with van der Waals surface area (Å²) in [6, 6.07) is 0. The lowest BCUT2D eigenvalue weighted by molar-refractivity contribution is 0.0285. The second-order valence-corrected chi connectivity index (χ2v) is 5.36. The molecule has 102 valence electrons. The van der Waals surface area contributed by atoms with Gasteiger partial charge in [-0.1, -0.05) is 13.8 Å². The SMILES string of the molecule is CCOC1C=C(C2=NNC(C)O2)CCC1C(C)C. The van der Waals surface area contributed by atoms with Crippen molar-refractivity contribution in [2.24, 2.45) is 16.9 Å². The molecule has 4 heteroatoms. The monoisotopic (exact) mass is 252 g/mol. The topological polar surface area (TPSA) is 42.8 Å². The molecular formula is C14H24N2O2. The highest BCUT2D eigenvalue weighted by atomic mass is 16.5. The Bertz CT molecular complexity index is 350. The molecule has 1 N–H and O–H groups in total. The number of hydrogen-bond acceptors (Lipinski definition) is 4. The van der Waals surface area contributed by atoms with Gasteiger partial charge < -0.3 is 9.47 Å². The Balaban J connectivity index is 2.11. The summed E-state index contributed by atoms with van der Waals surface area (Å²) in [5.74, 6) is 1.98. The van der Waals surface area contributed by atoms with E-state index in [1.165, 1.54) is 5.57 Å². The summed E-state index contributed by atoms with van der Waals surface area (Å²) in [6.45, 7) is 9.29. The average Bonchev–Trinajstić information content (AvgIpc) is 2.76. The van der Waals surface area contributed by atoms with Crippen molar-refractivity contribution in [2.45, 2.75) is 52.9 Å². The van der Waals surface area contributed by atoms with Crippen LogP contribution in [0, 0.1) is 11.8 Å². The first-order valence-corrected chi connectivity index (χ1v) is 6.94. The fourth-order valence-corrected chi connectivity index (χ4v) is 2.66. The van der Waals surface area contributed by atoms with E-state index in [0.29, 0.717) is 11.8 Å². The molecule has 4 nitrogen and oxygen atoms in total. The number of hydrazone groups is 1. The maximum absolute atomic E-state index is 5.87. The van der Waals surface area contributed by atoms with Crippen molar-refractivity contribution in [2.75, 3.05) is 6.61 Å². The molecule has 1 aliphatic carbocycles. The van der Waals surface area contributed by atoms with Gasteiger partial charge in [0.25, 0.3) is 0 Å². The van der Waals surface area contributed by atoms with Crippen LogP contribution in [-0.2, 0) is 9.47 Å². The van der Waals surface area contributed by atoms with Crippen molar-refractivity contribution < 1.29 is 9.47 Å². The van der Waals surface area contributed by atoms with E-state index in [0.717, 1.165) is 25.3 Å². The zero-order chi connectivity index (χ0) is 13.1. The molecule has 0 fully saturated rings. The Morgan fingerprint density at radius 1 is 1.56 bits per heavy atom. The van der Waals surface area contributed by atoms with Crippen LogP contribution < -0.4 is 5.43 Å². The van der Waals surface area contributed by atoms with Crippen molar-refractivity contribution >= 4 is 5.90 Å². The van der Waals surface area contributed by atoms with Crippen LogP contribution in [0.15, 0.2) is 16.8 Å². The zero-order valence-electron chi connectivity index (χ0n) is 11.8. The van der Waals surface area contributed by atoms with E-state index in [9.17, 15) is 0 Å². The van der Waals surface area contributed by atoms with Gasteiger partial charge in [-0.25, -0.2) is 0 Å². The van der Waals surface area contributed by atoms with Gasteiger partial charge in [0.2, 0.25) is 5.90 Å². The molecule has 2 rings (SSSR count). The molecule has 3 unspecified atom stereocenters. The van der Waals surface area contributed by atoms with Crippen LogP contribution in [0.25, 0.3) is 0 Å². The molecule has 2 aliphatic rings. The molecule has 0 bridgehead atoms. The van der Waals surface area contributed by atoms with Gasteiger partial charge in [0.1, 0.15) is 0 Å². The lowest BCUT2D eigenvalue weighted by Gasteiger charge is -2.32. The van der Waals surface area contributed by atoms with Gasteiger partial charge >= 0.3 is 0 Å². The number of nitrogens with one attached hydrogen (secondary N) is 1. The number of rotatable bonds is 4. The van der Waals surface area contributed by atoms with Crippen molar-refractivity contribution in [3.05, 3.63) is 11.6 Å². The molecule has 0 aromatic carbocycles. The minimum absolute atomic E-state index is 0.0192. The van der Waals surface area contributed by atoms with Crippen molar-refractivity contribution in [3.63, 3.8) is 0 Å². The van der Waals surface area contributed by atoms with Crippen LogP contribution in [0.2, 0.25) is 0 Å². The van der Waals surface area contributed by atoms with Crippen LogP contribution in [0.5, 0.6) is 0 Å². The summed E-state index contributed by atoms with van der Waals surface area (Å²) in [5.41, 5.74) is 4.11. The molecular weight excluding hydrogens is 228 g/mol. The van der Waals surface area contributed by atoms with Gasteiger partial charge in [0.05, 0.1) is 6.10 Å². The predicted octanol–water partition coefficient (Wildman–Crippen LogP) is 2.66. The Kier molecular flexibility index (Phi) is 4.27. The quantitative estimate of drug-likeness (QED) is 0.836. The second-order valence-electron chi connectivity index (χ2n) is 5.36. The van der Waals surface area contributed by atoms with Gasteiger partial charge in [-0.15, -0.1) is 5.10 Å². The standard InChI is InChI=1S/C14H24N2O2/c1-5-17-13-8-11(6-7-12(13)9(2)3)14-16-15-10(4)18-14/h8-10,12-13,15H,5-7H2,1-4H3. The predicted molar refractivity (Wildman–Crippen MR) is 72.2 cm³/mol. The average molecular weight is 252 g/mol. The lowest BCUT2D eigenvalue weighted by Crippen LogP contribution is -2.31. The third kappa shape index (κ3) is 2.86. The van der Waals surface area contributed by atoms with E-state index in [4.69, 9.17) is 9.47 Å².